The zero-order valence-corrected chi connectivity index (χ0v) is 6.81. The van der Waals surface area contributed by atoms with Gasteiger partial charge < -0.3 is 4.74 Å². The molecule has 1 unspecified atom stereocenters. The van der Waals surface area contributed by atoms with Gasteiger partial charge in [0.05, 0.1) is 11.6 Å². The Morgan fingerprint density at radius 1 is 1.36 bits per heavy atom. The van der Waals surface area contributed by atoms with Crippen LogP contribution in [0.25, 0.3) is 0 Å². The molecule has 2 atom stereocenters. The summed E-state index contributed by atoms with van der Waals surface area (Å²) in [5, 5.41) is 0. The molecule has 0 aromatic heterocycles. The highest BCUT2D eigenvalue weighted by atomic mass is 16.5. The van der Waals surface area contributed by atoms with Crippen molar-refractivity contribution in [2.75, 3.05) is 6.61 Å². The Balaban J connectivity index is 2.09. The maximum Gasteiger partial charge on any atom is 0.0849 e. The van der Waals surface area contributed by atoms with E-state index in [1.165, 1.54) is 32.1 Å². The molecule has 11 heavy (non-hydrogen) atoms. The van der Waals surface area contributed by atoms with Gasteiger partial charge in [-0.15, -0.1) is 0 Å². The Morgan fingerprint density at radius 2 is 2.18 bits per heavy atom. The Bertz CT molecular complexity index is 138. The van der Waals surface area contributed by atoms with Crippen molar-refractivity contribution < 1.29 is 4.74 Å². The van der Waals surface area contributed by atoms with Crippen LogP contribution in [0.1, 0.15) is 32.1 Å². The molecule has 64 valence electrons. The third-order valence-electron chi connectivity index (χ3n) is 3.06. The van der Waals surface area contributed by atoms with Gasteiger partial charge >= 0.3 is 0 Å². The zero-order chi connectivity index (χ0) is 7.73. The standard InChI is InChI=1S/C8H16N2O/c9-10-7-3-1-4-8(7)5-2-6-11-8/h7,10H,1-6,9H2/t7?,8-/m0/s1. The van der Waals surface area contributed by atoms with E-state index in [4.69, 9.17) is 10.6 Å². The van der Waals surface area contributed by atoms with Crippen LogP contribution in [-0.2, 0) is 4.74 Å². The van der Waals surface area contributed by atoms with Crippen LogP contribution in [0.3, 0.4) is 0 Å². The van der Waals surface area contributed by atoms with Crippen molar-refractivity contribution in [2.24, 2.45) is 5.84 Å². The third kappa shape index (κ3) is 1.08. The molecular weight excluding hydrogens is 140 g/mol. The molecule has 1 saturated heterocycles. The van der Waals surface area contributed by atoms with Gasteiger partial charge in [-0.1, -0.05) is 0 Å². The summed E-state index contributed by atoms with van der Waals surface area (Å²) in [6.07, 6.45) is 6.04. The monoisotopic (exact) mass is 156 g/mol. The minimum Gasteiger partial charge on any atom is -0.373 e. The van der Waals surface area contributed by atoms with E-state index in [1.807, 2.05) is 0 Å². The van der Waals surface area contributed by atoms with E-state index in [9.17, 15) is 0 Å². The molecule has 2 rings (SSSR count). The molecule has 0 amide bonds. The fourth-order valence-corrected chi connectivity index (χ4v) is 2.47. The summed E-state index contributed by atoms with van der Waals surface area (Å²) in [6, 6.07) is 0.407. The normalized spacial score (nSPS) is 43.9. The number of hydrazine groups is 1. The van der Waals surface area contributed by atoms with Crippen LogP contribution in [-0.4, -0.2) is 18.2 Å². The molecule has 3 N–H and O–H groups in total. The average molecular weight is 156 g/mol. The molecular formula is C8H16N2O. The average Bonchev–Trinajstić information content (AvgIpc) is 2.62. The van der Waals surface area contributed by atoms with Gasteiger partial charge in [0.2, 0.25) is 0 Å². The van der Waals surface area contributed by atoms with Gasteiger partial charge in [0.25, 0.3) is 0 Å². The highest BCUT2D eigenvalue weighted by Gasteiger charge is 2.45. The van der Waals surface area contributed by atoms with E-state index in [0.717, 1.165) is 6.61 Å². The smallest absolute Gasteiger partial charge is 0.0849 e. The zero-order valence-electron chi connectivity index (χ0n) is 6.81. The first kappa shape index (κ1) is 7.53. The topological polar surface area (TPSA) is 47.3 Å². The Labute approximate surface area is 67.3 Å². The highest BCUT2D eigenvalue weighted by Crippen LogP contribution is 2.40. The summed E-state index contributed by atoms with van der Waals surface area (Å²) in [5.74, 6) is 5.46. The van der Waals surface area contributed by atoms with Crippen LogP contribution in [0.5, 0.6) is 0 Å². The summed E-state index contributed by atoms with van der Waals surface area (Å²) in [6.45, 7) is 0.929. The van der Waals surface area contributed by atoms with E-state index in [1.54, 1.807) is 0 Å². The lowest BCUT2D eigenvalue weighted by Gasteiger charge is -2.29. The Kier molecular flexibility index (Phi) is 1.87. The molecule has 0 aromatic rings. The molecule has 0 bridgehead atoms. The van der Waals surface area contributed by atoms with Crippen molar-refractivity contribution in [1.82, 2.24) is 5.43 Å². The fraction of sp³-hybridized carbons (Fsp3) is 1.00. The molecule has 3 nitrogen and oxygen atoms in total. The summed E-state index contributed by atoms with van der Waals surface area (Å²) in [5.41, 5.74) is 2.99. The van der Waals surface area contributed by atoms with Crippen molar-refractivity contribution in [1.29, 1.82) is 0 Å². The van der Waals surface area contributed by atoms with Crippen LogP contribution >= 0.6 is 0 Å². The fourth-order valence-electron chi connectivity index (χ4n) is 2.47. The number of ether oxygens (including phenoxy) is 1. The predicted octanol–water partition coefficient (Wildman–Crippen LogP) is 0.551. The molecule has 1 aliphatic heterocycles. The molecule has 2 aliphatic rings. The first-order chi connectivity index (χ1) is 5.37. The lowest BCUT2D eigenvalue weighted by atomic mass is 9.94. The van der Waals surface area contributed by atoms with Gasteiger partial charge in [-0.2, -0.15) is 0 Å². The molecule has 0 radical (unpaired) electrons. The van der Waals surface area contributed by atoms with Crippen molar-refractivity contribution in [3.05, 3.63) is 0 Å². The lowest BCUT2D eigenvalue weighted by molar-refractivity contribution is -0.0110. The Hall–Kier alpha value is -0.120. The molecule has 1 aliphatic carbocycles. The van der Waals surface area contributed by atoms with Gasteiger partial charge in [0.1, 0.15) is 0 Å². The number of hydrogen-bond donors (Lipinski definition) is 2. The first-order valence-corrected chi connectivity index (χ1v) is 4.47. The largest absolute Gasteiger partial charge is 0.373 e. The molecule has 0 aromatic carbocycles. The van der Waals surface area contributed by atoms with E-state index in [2.05, 4.69) is 5.43 Å². The minimum absolute atomic E-state index is 0.120. The van der Waals surface area contributed by atoms with Gasteiger partial charge in [-0.3, -0.25) is 11.3 Å². The molecule has 1 heterocycles. The highest BCUT2D eigenvalue weighted by molar-refractivity contribution is 4.99. The maximum atomic E-state index is 5.76. The summed E-state index contributed by atoms with van der Waals surface area (Å²) >= 11 is 0. The van der Waals surface area contributed by atoms with Crippen LogP contribution in [0.2, 0.25) is 0 Å². The summed E-state index contributed by atoms with van der Waals surface area (Å²) in [7, 11) is 0. The van der Waals surface area contributed by atoms with Gasteiger partial charge in [-0.05, 0) is 32.1 Å². The van der Waals surface area contributed by atoms with E-state index >= 15 is 0 Å². The second-order valence-corrected chi connectivity index (χ2v) is 3.63. The third-order valence-corrected chi connectivity index (χ3v) is 3.06. The van der Waals surface area contributed by atoms with E-state index in [-0.39, 0.29) is 5.60 Å². The van der Waals surface area contributed by atoms with Crippen molar-refractivity contribution in [2.45, 2.75) is 43.7 Å². The minimum atomic E-state index is 0.120. The molecule has 1 spiro atoms. The van der Waals surface area contributed by atoms with Crippen LogP contribution in [0.15, 0.2) is 0 Å². The molecule has 3 heteroatoms. The molecule has 1 saturated carbocycles. The SMILES string of the molecule is NNC1CCC[C@]12CCCO2. The van der Waals surface area contributed by atoms with Crippen molar-refractivity contribution in [3.63, 3.8) is 0 Å². The van der Waals surface area contributed by atoms with Crippen LogP contribution in [0.4, 0.5) is 0 Å². The number of hydrogen-bond acceptors (Lipinski definition) is 3. The second-order valence-electron chi connectivity index (χ2n) is 3.63. The predicted molar refractivity (Wildman–Crippen MR) is 42.9 cm³/mol. The van der Waals surface area contributed by atoms with Crippen LogP contribution in [0, 0.1) is 0 Å². The van der Waals surface area contributed by atoms with Crippen LogP contribution < -0.4 is 11.3 Å². The van der Waals surface area contributed by atoms with Crippen molar-refractivity contribution >= 4 is 0 Å². The molecule has 2 fully saturated rings. The summed E-state index contributed by atoms with van der Waals surface area (Å²) in [4.78, 5) is 0. The quantitative estimate of drug-likeness (QED) is 0.430. The first-order valence-electron chi connectivity index (χ1n) is 4.47. The van der Waals surface area contributed by atoms with Gasteiger partial charge in [0, 0.05) is 6.61 Å². The number of rotatable bonds is 1. The second kappa shape index (κ2) is 2.73. The number of nitrogens with two attached hydrogens (primary N) is 1. The summed E-state index contributed by atoms with van der Waals surface area (Å²) < 4.78 is 5.76. The van der Waals surface area contributed by atoms with E-state index < -0.39 is 0 Å². The number of nitrogens with one attached hydrogen (secondary N) is 1. The van der Waals surface area contributed by atoms with Gasteiger partial charge in [0.15, 0.2) is 0 Å². The van der Waals surface area contributed by atoms with E-state index in [0.29, 0.717) is 6.04 Å². The lowest BCUT2D eigenvalue weighted by Crippen LogP contribution is -2.49. The van der Waals surface area contributed by atoms with Crippen molar-refractivity contribution in [3.8, 4) is 0 Å². The Morgan fingerprint density at radius 3 is 2.82 bits per heavy atom. The van der Waals surface area contributed by atoms with Gasteiger partial charge in [-0.25, -0.2) is 0 Å². The maximum absolute atomic E-state index is 5.76.